The van der Waals surface area contributed by atoms with E-state index in [-0.39, 0.29) is 13.2 Å². The van der Waals surface area contributed by atoms with E-state index in [2.05, 4.69) is 9.97 Å². The first-order chi connectivity index (χ1) is 7.94. The lowest BCUT2D eigenvalue weighted by atomic mass is 10.2. The van der Waals surface area contributed by atoms with Crippen LogP contribution >= 0.6 is 0 Å². The van der Waals surface area contributed by atoms with Gasteiger partial charge in [0, 0.05) is 6.20 Å². The molecule has 6 nitrogen and oxygen atoms in total. The molecule has 0 aromatic carbocycles. The van der Waals surface area contributed by atoms with E-state index in [1.54, 1.807) is 26.8 Å². The maximum Gasteiger partial charge on any atom is 0.416 e. The molecule has 94 valence electrons. The lowest BCUT2D eigenvalue weighted by Crippen LogP contribution is -2.39. The molecule has 0 aliphatic heterocycles. The molecule has 0 aliphatic carbocycles. The maximum absolute atomic E-state index is 11.9. The Kier molecular flexibility index (Phi) is 4.39. The van der Waals surface area contributed by atoms with Crippen LogP contribution in [0.15, 0.2) is 18.6 Å². The van der Waals surface area contributed by atoms with Crippen molar-refractivity contribution in [2.24, 2.45) is 0 Å². The van der Waals surface area contributed by atoms with E-state index in [1.807, 2.05) is 0 Å². The Morgan fingerprint density at radius 1 is 1.53 bits per heavy atom. The summed E-state index contributed by atoms with van der Waals surface area (Å²) < 4.78 is 5.22. The second kappa shape index (κ2) is 5.58. The van der Waals surface area contributed by atoms with Gasteiger partial charge in [-0.15, -0.1) is 0 Å². The summed E-state index contributed by atoms with van der Waals surface area (Å²) in [5.74, 6) is 0.406. The lowest BCUT2D eigenvalue weighted by Gasteiger charge is -2.26. The molecule has 1 N–H and O–H groups in total. The Morgan fingerprint density at radius 2 is 2.24 bits per heavy atom. The van der Waals surface area contributed by atoms with Crippen LogP contribution in [-0.4, -0.2) is 39.9 Å². The van der Waals surface area contributed by atoms with Crippen LogP contribution in [0.3, 0.4) is 0 Å². The first-order valence-corrected chi connectivity index (χ1v) is 5.31. The number of carbonyl (C=O) groups excluding carboxylic acids is 1. The van der Waals surface area contributed by atoms with Crippen molar-refractivity contribution >= 4 is 11.9 Å². The summed E-state index contributed by atoms with van der Waals surface area (Å²) in [5, 5.41) is 8.95. The van der Waals surface area contributed by atoms with Crippen molar-refractivity contribution in [2.75, 3.05) is 18.1 Å². The predicted molar refractivity (Wildman–Crippen MR) is 62.7 cm³/mol. The molecule has 0 bridgehead atoms. The quantitative estimate of drug-likeness (QED) is 0.858. The van der Waals surface area contributed by atoms with E-state index in [9.17, 15) is 4.79 Å². The van der Waals surface area contributed by atoms with Gasteiger partial charge in [0.05, 0.1) is 13.2 Å². The van der Waals surface area contributed by atoms with Crippen LogP contribution in [0.4, 0.5) is 10.6 Å². The van der Waals surface area contributed by atoms with E-state index in [0.29, 0.717) is 5.82 Å². The normalized spacial score (nSPS) is 11.1. The van der Waals surface area contributed by atoms with Crippen molar-refractivity contribution < 1.29 is 14.6 Å². The predicted octanol–water partition coefficient (Wildman–Crippen LogP) is 1.21. The highest BCUT2D eigenvalue weighted by molar-refractivity contribution is 5.86. The van der Waals surface area contributed by atoms with Crippen molar-refractivity contribution in [3.05, 3.63) is 18.6 Å². The number of hydrogen-bond acceptors (Lipinski definition) is 5. The minimum atomic E-state index is -0.585. The van der Waals surface area contributed by atoms with Crippen molar-refractivity contribution in [1.82, 2.24) is 9.97 Å². The van der Waals surface area contributed by atoms with Gasteiger partial charge in [-0.3, -0.25) is 4.90 Å². The van der Waals surface area contributed by atoms with Gasteiger partial charge in [-0.2, -0.15) is 0 Å². The van der Waals surface area contributed by atoms with Crippen LogP contribution in [0, 0.1) is 0 Å². The fraction of sp³-hybridized carbons (Fsp3) is 0.545. The molecule has 0 atom stereocenters. The molecule has 1 heterocycles. The Morgan fingerprint density at radius 3 is 2.71 bits per heavy atom. The van der Waals surface area contributed by atoms with Gasteiger partial charge in [-0.25, -0.2) is 14.8 Å². The Bertz CT molecular complexity index is 362. The third kappa shape index (κ3) is 4.36. The molecule has 0 saturated carbocycles. The number of aliphatic hydroxyl groups excluding tert-OH is 1. The number of aliphatic hydroxyl groups is 1. The summed E-state index contributed by atoms with van der Waals surface area (Å²) in [7, 11) is 0. The molecule has 0 saturated heterocycles. The van der Waals surface area contributed by atoms with Crippen molar-refractivity contribution in [3.63, 3.8) is 0 Å². The molecule has 17 heavy (non-hydrogen) atoms. The van der Waals surface area contributed by atoms with Crippen LogP contribution in [-0.2, 0) is 4.74 Å². The molecular formula is C11H17N3O3. The van der Waals surface area contributed by atoms with Crippen LogP contribution in [0.5, 0.6) is 0 Å². The minimum absolute atomic E-state index is 0.131. The molecule has 0 unspecified atom stereocenters. The van der Waals surface area contributed by atoms with Gasteiger partial charge < -0.3 is 9.84 Å². The van der Waals surface area contributed by atoms with Gasteiger partial charge >= 0.3 is 6.09 Å². The second-order valence-electron chi connectivity index (χ2n) is 4.42. The van der Waals surface area contributed by atoms with Crippen LogP contribution in [0.25, 0.3) is 0 Å². The summed E-state index contributed by atoms with van der Waals surface area (Å²) in [6, 6.07) is 1.58. The van der Waals surface area contributed by atoms with Gasteiger partial charge in [0.1, 0.15) is 17.7 Å². The number of nitrogens with zero attached hydrogens (tertiary/aromatic N) is 3. The molecule has 0 fully saturated rings. The summed E-state index contributed by atoms with van der Waals surface area (Å²) in [6.45, 7) is 5.31. The molecule has 0 aliphatic rings. The Balaban J connectivity index is 2.83. The van der Waals surface area contributed by atoms with E-state index in [4.69, 9.17) is 9.84 Å². The largest absolute Gasteiger partial charge is 0.443 e. The van der Waals surface area contributed by atoms with E-state index < -0.39 is 11.7 Å². The second-order valence-corrected chi connectivity index (χ2v) is 4.42. The molecule has 1 rings (SSSR count). The van der Waals surface area contributed by atoms with Crippen LogP contribution < -0.4 is 4.90 Å². The highest BCUT2D eigenvalue weighted by atomic mass is 16.6. The summed E-state index contributed by atoms with van der Waals surface area (Å²) in [6.07, 6.45) is 2.33. The monoisotopic (exact) mass is 239 g/mol. The molecular weight excluding hydrogens is 222 g/mol. The first-order valence-electron chi connectivity index (χ1n) is 5.31. The van der Waals surface area contributed by atoms with Crippen LogP contribution in [0.1, 0.15) is 20.8 Å². The van der Waals surface area contributed by atoms with Gasteiger partial charge in [-0.1, -0.05) is 0 Å². The zero-order chi connectivity index (χ0) is 12.9. The van der Waals surface area contributed by atoms with Crippen molar-refractivity contribution in [2.45, 2.75) is 26.4 Å². The zero-order valence-corrected chi connectivity index (χ0v) is 10.3. The highest BCUT2D eigenvalue weighted by Gasteiger charge is 2.23. The van der Waals surface area contributed by atoms with E-state index in [1.165, 1.54) is 17.4 Å². The number of hydrogen-bond donors (Lipinski definition) is 1. The standard InChI is InChI=1S/C11H17N3O3/c1-11(2,3)17-10(16)14(6-7-15)9-4-5-12-8-13-9/h4-5,8,15H,6-7H2,1-3H3. The summed E-state index contributed by atoms with van der Waals surface area (Å²) >= 11 is 0. The molecule has 1 amide bonds. The number of rotatable bonds is 3. The molecule has 0 spiro atoms. The summed E-state index contributed by atoms with van der Waals surface area (Å²) in [5.41, 5.74) is -0.585. The average molecular weight is 239 g/mol. The Hall–Kier alpha value is -1.69. The van der Waals surface area contributed by atoms with Crippen molar-refractivity contribution in [3.8, 4) is 0 Å². The first kappa shape index (κ1) is 13.4. The van der Waals surface area contributed by atoms with Gasteiger partial charge in [0.2, 0.25) is 0 Å². The van der Waals surface area contributed by atoms with Crippen LogP contribution in [0.2, 0.25) is 0 Å². The lowest BCUT2D eigenvalue weighted by molar-refractivity contribution is 0.0572. The zero-order valence-electron chi connectivity index (χ0n) is 10.3. The SMILES string of the molecule is CC(C)(C)OC(=O)N(CCO)c1ccncn1. The average Bonchev–Trinajstić information content (AvgIpc) is 2.24. The molecule has 1 aromatic rings. The van der Waals surface area contributed by atoms with Gasteiger partial charge in [0.25, 0.3) is 0 Å². The third-order valence-corrected chi connectivity index (χ3v) is 1.78. The number of carbonyl (C=O) groups is 1. The van der Waals surface area contributed by atoms with E-state index in [0.717, 1.165) is 0 Å². The van der Waals surface area contributed by atoms with Crippen molar-refractivity contribution in [1.29, 1.82) is 0 Å². The number of amides is 1. The number of anilines is 1. The minimum Gasteiger partial charge on any atom is -0.443 e. The molecule has 1 aromatic heterocycles. The Labute approximate surface area is 100 Å². The smallest absolute Gasteiger partial charge is 0.416 e. The topological polar surface area (TPSA) is 75.5 Å². The molecule has 0 radical (unpaired) electrons. The maximum atomic E-state index is 11.9. The number of ether oxygens (including phenoxy) is 1. The fourth-order valence-electron chi connectivity index (χ4n) is 1.16. The van der Waals surface area contributed by atoms with Gasteiger partial charge in [0.15, 0.2) is 0 Å². The van der Waals surface area contributed by atoms with E-state index >= 15 is 0 Å². The third-order valence-electron chi connectivity index (χ3n) is 1.78. The summed E-state index contributed by atoms with van der Waals surface area (Å²) in [4.78, 5) is 20.9. The highest BCUT2D eigenvalue weighted by Crippen LogP contribution is 2.14. The fourth-order valence-corrected chi connectivity index (χ4v) is 1.16. The molecule has 6 heteroatoms. The number of aromatic nitrogens is 2. The van der Waals surface area contributed by atoms with Gasteiger partial charge in [-0.05, 0) is 26.8 Å².